The van der Waals surface area contributed by atoms with Crippen LogP contribution in [0.15, 0.2) is 24.4 Å². The van der Waals surface area contributed by atoms with Gasteiger partial charge in [-0.15, -0.1) is 8.20 Å². The van der Waals surface area contributed by atoms with E-state index in [-0.39, 0.29) is 5.56 Å². The number of nitrogens with one attached hydrogen (secondary N) is 1. The van der Waals surface area contributed by atoms with Crippen molar-refractivity contribution >= 4 is 25.6 Å². The van der Waals surface area contributed by atoms with Crippen molar-refractivity contribution < 1.29 is 13.6 Å². The number of aryl methyl sites for hydroxylation is 1. The van der Waals surface area contributed by atoms with Crippen LogP contribution in [0.5, 0.6) is 0 Å². The van der Waals surface area contributed by atoms with Crippen LogP contribution in [0.2, 0.25) is 0 Å². The Morgan fingerprint density at radius 2 is 2.31 bits per heavy atom. The molecule has 1 atom stereocenters. The number of carbonyl (C=O) groups excluding carboxylic acids is 1. The molecule has 26 heavy (non-hydrogen) atoms. The molecular formula is C19H22F2N3OP. The molecule has 4 nitrogen and oxygen atoms in total. The van der Waals surface area contributed by atoms with Gasteiger partial charge in [0, 0.05) is 18.9 Å². The highest BCUT2D eigenvalue weighted by Gasteiger charge is 2.30. The summed E-state index contributed by atoms with van der Waals surface area (Å²) in [4.78, 5) is 12.5. The quantitative estimate of drug-likeness (QED) is 0.705. The van der Waals surface area contributed by atoms with Crippen molar-refractivity contribution in [1.82, 2.24) is 9.78 Å². The van der Waals surface area contributed by atoms with Crippen LogP contribution in [-0.2, 0) is 13.5 Å². The van der Waals surface area contributed by atoms with Gasteiger partial charge in [0.25, 0.3) is 12.3 Å². The van der Waals surface area contributed by atoms with Crippen LogP contribution in [0.3, 0.4) is 0 Å². The number of carbonyl (C=O) groups is 1. The molecule has 1 aromatic carbocycles. The highest BCUT2D eigenvalue weighted by atomic mass is 31.1. The van der Waals surface area contributed by atoms with Crippen molar-refractivity contribution in [3.63, 3.8) is 0 Å². The van der Waals surface area contributed by atoms with Gasteiger partial charge < -0.3 is 5.32 Å². The average Bonchev–Trinajstić information content (AvgIpc) is 2.97. The molecule has 0 radical (unpaired) electrons. The molecule has 1 aliphatic rings. The van der Waals surface area contributed by atoms with Crippen LogP contribution in [0.4, 0.5) is 14.5 Å². The van der Waals surface area contributed by atoms with Crippen LogP contribution in [-0.4, -0.2) is 27.6 Å². The summed E-state index contributed by atoms with van der Waals surface area (Å²) in [5.74, 6) is 2.13. The van der Waals surface area contributed by atoms with E-state index in [1.165, 1.54) is 31.7 Å². The molecule has 3 rings (SSSR count). The van der Waals surface area contributed by atoms with E-state index in [4.69, 9.17) is 0 Å². The molecule has 1 heterocycles. The zero-order valence-electron chi connectivity index (χ0n) is 14.9. The van der Waals surface area contributed by atoms with E-state index in [0.717, 1.165) is 36.7 Å². The Labute approximate surface area is 153 Å². The molecule has 0 saturated carbocycles. The third-order valence-corrected chi connectivity index (χ3v) is 5.69. The minimum atomic E-state index is -2.78. The van der Waals surface area contributed by atoms with Crippen LogP contribution >= 0.6 is 8.20 Å². The Bertz CT molecular complexity index is 832. The van der Waals surface area contributed by atoms with Gasteiger partial charge in [0.15, 0.2) is 0 Å². The van der Waals surface area contributed by atoms with Gasteiger partial charge in [0.2, 0.25) is 0 Å². The topological polar surface area (TPSA) is 46.9 Å². The molecule has 1 amide bonds. The first-order valence-corrected chi connectivity index (χ1v) is 9.89. The largest absolute Gasteiger partial charge is 0.322 e. The van der Waals surface area contributed by atoms with E-state index in [2.05, 4.69) is 29.2 Å². The zero-order chi connectivity index (χ0) is 18.7. The second-order valence-electron chi connectivity index (χ2n) is 6.42. The molecule has 0 bridgehead atoms. The van der Waals surface area contributed by atoms with E-state index >= 15 is 0 Å². The van der Waals surface area contributed by atoms with Crippen LogP contribution < -0.4 is 5.32 Å². The second kappa shape index (κ2) is 8.09. The number of amides is 1. The second-order valence-corrected chi connectivity index (χ2v) is 7.60. The number of hydrogen-bond donors (Lipinski definition) is 1. The normalized spacial score (nSPS) is 16.0. The standard InChI is InChI=1S/C19H22F2N3OP/c1-3-8-26-9-7-13-10-12-5-4-6-15(16(12)13)22-19(25)14-11-24(2)23-17(14)18(20)21/h4-6,8,11,13,18H,3,7,9-10H2,1-2H3,(H,22,25). The minimum absolute atomic E-state index is 0.0768. The SMILES string of the molecule is CCC=PCCC1Cc2cccc(NC(=O)c3cn(C)nc3C(F)F)c21. The van der Waals surface area contributed by atoms with Crippen LogP contribution in [0.25, 0.3) is 0 Å². The van der Waals surface area contributed by atoms with Crippen molar-refractivity contribution in [3.05, 3.63) is 46.8 Å². The number of nitrogens with zero attached hydrogens (tertiary/aromatic N) is 2. The van der Waals surface area contributed by atoms with Gasteiger partial charge in [-0.1, -0.05) is 24.9 Å². The Balaban J connectivity index is 1.76. The van der Waals surface area contributed by atoms with Gasteiger partial charge in [0.05, 0.1) is 5.56 Å². The van der Waals surface area contributed by atoms with Gasteiger partial charge >= 0.3 is 0 Å². The van der Waals surface area contributed by atoms with E-state index in [0.29, 0.717) is 5.92 Å². The Kier molecular flexibility index (Phi) is 5.82. The van der Waals surface area contributed by atoms with Gasteiger partial charge in [-0.3, -0.25) is 9.48 Å². The fourth-order valence-corrected chi connectivity index (χ4v) is 4.25. The summed E-state index contributed by atoms with van der Waals surface area (Å²) in [6.45, 7) is 2.13. The smallest absolute Gasteiger partial charge is 0.282 e. The summed E-state index contributed by atoms with van der Waals surface area (Å²) in [5.41, 5.74) is 2.54. The molecule has 1 aromatic heterocycles. The molecule has 2 aromatic rings. The van der Waals surface area contributed by atoms with E-state index in [1.54, 1.807) is 0 Å². The van der Waals surface area contributed by atoms with Crippen LogP contribution in [0.1, 0.15) is 59.3 Å². The van der Waals surface area contributed by atoms with Gasteiger partial charge in [-0.05, 0) is 48.5 Å². The maximum atomic E-state index is 13.1. The first-order chi connectivity index (χ1) is 12.5. The minimum Gasteiger partial charge on any atom is -0.322 e. The average molecular weight is 377 g/mol. The first-order valence-electron chi connectivity index (χ1n) is 8.74. The third kappa shape index (κ3) is 3.85. The summed E-state index contributed by atoms with van der Waals surface area (Å²) in [6.07, 6.45) is 2.80. The summed E-state index contributed by atoms with van der Waals surface area (Å²) < 4.78 is 27.4. The zero-order valence-corrected chi connectivity index (χ0v) is 15.8. The fraction of sp³-hybridized carbons (Fsp3) is 0.421. The lowest BCUT2D eigenvalue weighted by Crippen LogP contribution is -2.22. The van der Waals surface area contributed by atoms with Crippen molar-refractivity contribution in [2.45, 2.75) is 38.5 Å². The molecule has 1 N–H and O–H groups in total. The lowest BCUT2D eigenvalue weighted by atomic mass is 9.75. The number of fused-ring (bicyclic) bond motifs is 1. The summed E-state index contributed by atoms with van der Waals surface area (Å²) in [5, 5.41) is 6.52. The molecule has 0 aliphatic heterocycles. The lowest BCUT2D eigenvalue weighted by molar-refractivity contribution is 0.101. The molecule has 0 saturated heterocycles. The Hall–Kier alpha value is -2.07. The summed E-state index contributed by atoms with van der Waals surface area (Å²) >= 11 is 0. The van der Waals surface area contributed by atoms with Gasteiger partial charge in [-0.25, -0.2) is 8.78 Å². The molecule has 1 aliphatic carbocycles. The van der Waals surface area contributed by atoms with E-state index < -0.39 is 18.0 Å². The molecule has 0 spiro atoms. The van der Waals surface area contributed by atoms with E-state index in [9.17, 15) is 13.6 Å². The molecule has 7 heteroatoms. The molecular weight excluding hydrogens is 355 g/mol. The predicted octanol–water partition coefficient (Wildman–Crippen LogP) is 4.80. The highest BCUT2D eigenvalue weighted by molar-refractivity contribution is 7.38. The maximum absolute atomic E-state index is 13.1. The molecule has 0 fully saturated rings. The highest BCUT2D eigenvalue weighted by Crippen LogP contribution is 2.43. The molecule has 1 unspecified atom stereocenters. The number of rotatable bonds is 7. The molecule has 138 valence electrons. The Morgan fingerprint density at radius 3 is 3.04 bits per heavy atom. The number of halogens is 2. The number of benzene rings is 1. The van der Waals surface area contributed by atoms with Crippen molar-refractivity contribution in [1.29, 1.82) is 0 Å². The van der Waals surface area contributed by atoms with Gasteiger partial charge in [0.1, 0.15) is 5.69 Å². The Morgan fingerprint density at radius 1 is 1.50 bits per heavy atom. The number of alkyl halides is 2. The van der Waals surface area contributed by atoms with Gasteiger partial charge in [-0.2, -0.15) is 5.10 Å². The number of anilines is 1. The predicted molar refractivity (Wildman–Crippen MR) is 102 cm³/mol. The first kappa shape index (κ1) is 18.7. The number of aromatic nitrogens is 2. The maximum Gasteiger partial charge on any atom is 0.282 e. The van der Waals surface area contributed by atoms with Crippen LogP contribution in [0, 0.1) is 0 Å². The fourth-order valence-electron chi connectivity index (χ4n) is 3.35. The third-order valence-electron chi connectivity index (χ3n) is 4.55. The van der Waals surface area contributed by atoms with Crippen molar-refractivity contribution in [2.75, 3.05) is 11.5 Å². The summed E-state index contributed by atoms with van der Waals surface area (Å²) in [6, 6.07) is 5.80. The number of hydrogen-bond acceptors (Lipinski definition) is 2. The summed E-state index contributed by atoms with van der Waals surface area (Å²) in [7, 11) is 2.87. The van der Waals surface area contributed by atoms with Crippen molar-refractivity contribution in [3.8, 4) is 0 Å². The lowest BCUT2D eigenvalue weighted by Gasteiger charge is -2.32. The van der Waals surface area contributed by atoms with Crippen molar-refractivity contribution in [2.24, 2.45) is 7.05 Å². The monoisotopic (exact) mass is 377 g/mol. The van der Waals surface area contributed by atoms with E-state index in [1.807, 2.05) is 12.1 Å².